The Morgan fingerprint density at radius 3 is 2.45 bits per heavy atom. The summed E-state index contributed by atoms with van der Waals surface area (Å²) in [5.74, 6) is 0.0221. The SMILES string of the molecule is C=C(OC(=NC)Nc1cc(NC(=O)Nc2ccc(F)cc2)ccc1C)c1cccnc1. The van der Waals surface area contributed by atoms with Gasteiger partial charge in [-0.25, -0.2) is 14.2 Å². The molecule has 3 aromatic rings. The Morgan fingerprint density at radius 2 is 1.77 bits per heavy atom. The standard InChI is InChI=1S/C23H22FN5O2/c1-15-6-9-20(28-22(30)27-19-10-7-18(24)8-11-19)13-21(15)29-23(25-3)31-16(2)17-5-4-12-26-14-17/h4-14H,2H2,1,3H3,(H,25,29)(H2,27,28,30). The lowest BCUT2D eigenvalue weighted by atomic mass is 10.2. The van der Waals surface area contributed by atoms with Crippen molar-refractivity contribution < 1.29 is 13.9 Å². The van der Waals surface area contributed by atoms with Crippen LogP contribution in [0.15, 0.2) is 78.6 Å². The maximum atomic E-state index is 13.0. The number of aromatic nitrogens is 1. The number of benzene rings is 2. The molecule has 0 fully saturated rings. The van der Waals surface area contributed by atoms with E-state index in [1.807, 2.05) is 19.1 Å². The predicted octanol–water partition coefficient (Wildman–Crippen LogP) is 5.26. The molecule has 31 heavy (non-hydrogen) atoms. The van der Waals surface area contributed by atoms with Gasteiger partial charge >= 0.3 is 6.03 Å². The number of urea groups is 1. The Kier molecular flexibility index (Phi) is 6.95. The smallest absolute Gasteiger partial charge is 0.323 e. The van der Waals surface area contributed by atoms with Gasteiger partial charge in [-0.1, -0.05) is 12.6 Å². The molecular weight excluding hydrogens is 397 g/mol. The minimum atomic E-state index is -0.452. The van der Waals surface area contributed by atoms with Crippen molar-refractivity contribution in [3.05, 3.63) is 90.5 Å². The summed E-state index contributed by atoms with van der Waals surface area (Å²) in [6, 6.07) is 14.3. The number of hydrogen-bond acceptors (Lipinski definition) is 4. The van der Waals surface area contributed by atoms with E-state index in [1.165, 1.54) is 24.3 Å². The number of ether oxygens (including phenoxy) is 1. The molecule has 0 spiro atoms. The summed E-state index contributed by atoms with van der Waals surface area (Å²) in [6.45, 7) is 5.82. The molecule has 7 nitrogen and oxygen atoms in total. The van der Waals surface area contributed by atoms with Crippen LogP contribution in [0.4, 0.5) is 26.2 Å². The van der Waals surface area contributed by atoms with Crippen molar-refractivity contribution in [2.75, 3.05) is 23.0 Å². The van der Waals surface area contributed by atoms with E-state index in [2.05, 4.69) is 32.5 Å². The van der Waals surface area contributed by atoms with Gasteiger partial charge in [0.2, 0.25) is 0 Å². The number of pyridine rings is 1. The highest BCUT2D eigenvalue weighted by atomic mass is 19.1. The number of hydrogen-bond donors (Lipinski definition) is 3. The van der Waals surface area contributed by atoms with E-state index < -0.39 is 6.03 Å². The first-order chi connectivity index (χ1) is 14.9. The number of halogens is 1. The van der Waals surface area contributed by atoms with E-state index >= 15 is 0 Å². The van der Waals surface area contributed by atoms with E-state index in [1.54, 1.807) is 37.6 Å². The first kappa shape index (κ1) is 21.5. The molecule has 2 aromatic carbocycles. The molecule has 8 heteroatoms. The van der Waals surface area contributed by atoms with Crippen molar-refractivity contribution in [1.29, 1.82) is 0 Å². The van der Waals surface area contributed by atoms with Crippen molar-refractivity contribution >= 4 is 34.9 Å². The fourth-order valence-electron chi connectivity index (χ4n) is 2.61. The average molecular weight is 419 g/mol. The number of amides is 2. The molecule has 3 rings (SSSR count). The highest BCUT2D eigenvalue weighted by Crippen LogP contribution is 2.22. The average Bonchev–Trinajstić information content (AvgIpc) is 2.77. The molecule has 0 aliphatic rings. The first-order valence-electron chi connectivity index (χ1n) is 9.40. The zero-order valence-electron chi connectivity index (χ0n) is 17.1. The fraction of sp³-hybridized carbons (Fsp3) is 0.0870. The molecule has 0 unspecified atom stereocenters. The van der Waals surface area contributed by atoms with Gasteiger partial charge < -0.3 is 20.7 Å². The molecule has 158 valence electrons. The predicted molar refractivity (Wildman–Crippen MR) is 122 cm³/mol. The molecule has 0 aliphatic heterocycles. The molecule has 0 saturated carbocycles. The number of nitrogens with one attached hydrogen (secondary N) is 3. The molecule has 0 atom stereocenters. The van der Waals surface area contributed by atoms with Gasteiger partial charge in [0.15, 0.2) is 0 Å². The molecular formula is C23H22FN5O2. The summed E-state index contributed by atoms with van der Waals surface area (Å²) in [6.07, 6.45) is 3.31. The van der Waals surface area contributed by atoms with Gasteiger partial charge in [0.05, 0.1) is 0 Å². The first-order valence-corrected chi connectivity index (χ1v) is 9.40. The van der Waals surface area contributed by atoms with Crippen molar-refractivity contribution in [2.45, 2.75) is 6.92 Å². The van der Waals surface area contributed by atoms with Gasteiger partial charge in [0.25, 0.3) is 6.02 Å². The Labute approximate surface area is 179 Å². The molecule has 0 aliphatic carbocycles. The van der Waals surface area contributed by atoms with Crippen molar-refractivity contribution in [2.24, 2.45) is 4.99 Å². The van der Waals surface area contributed by atoms with Crippen LogP contribution in [-0.4, -0.2) is 24.1 Å². The Morgan fingerprint density at radius 1 is 1.06 bits per heavy atom. The monoisotopic (exact) mass is 419 g/mol. The van der Waals surface area contributed by atoms with Crippen LogP contribution in [-0.2, 0) is 4.74 Å². The van der Waals surface area contributed by atoms with Crippen LogP contribution < -0.4 is 16.0 Å². The summed E-state index contributed by atoms with van der Waals surface area (Å²) in [7, 11) is 1.59. The highest BCUT2D eigenvalue weighted by molar-refractivity contribution is 6.00. The molecule has 2 amide bonds. The van der Waals surface area contributed by atoms with Gasteiger partial charge in [0, 0.05) is 42.1 Å². The summed E-state index contributed by atoms with van der Waals surface area (Å²) in [5.41, 5.74) is 3.37. The molecule has 1 aromatic heterocycles. The summed E-state index contributed by atoms with van der Waals surface area (Å²) in [4.78, 5) is 20.4. The van der Waals surface area contributed by atoms with Crippen LogP contribution in [0, 0.1) is 12.7 Å². The third-order valence-corrected chi connectivity index (χ3v) is 4.25. The minimum absolute atomic E-state index is 0.241. The quantitative estimate of drug-likeness (QED) is 0.299. The van der Waals surface area contributed by atoms with Gasteiger partial charge in [-0.05, 0) is 61.0 Å². The molecule has 0 bridgehead atoms. The third-order valence-electron chi connectivity index (χ3n) is 4.25. The lowest BCUT2D eigenvalue weighted by Crippen LogP contribution is -2.20. The number of aliphatic imine (C=N–C) groups is 1. The Hall–Kier alpha value is -4.20. The van der Waals surface area contributed by atoms with E-state index in [0.29, 0.717) is 22.8 Å². The number of nitrogens with zero attached hydrogens (tertiary/aromatic N) is 2. The zero-order valence-corrected chi connectivity index (χ0v) is 17.1. The molecule has 1 heterocycles. The second-order valence-electron chi connectivity index (χ2n) is 6.54. The van der Waals surface area contributed by atoms with Gasteiger partial charge in [-0.15, -0.1) is 0 Å². The van der Waals surface area contributed by atoms with E-state index in [0.717, 1.165) is 11.1 Å². The highest BCUT2D eigenvalue weighted by Gasteiger charge is 2.10. The number of rotatable bonds is 5. The second kappa shape index (κ2) is 10.0. The maximum absolute atomic E-state index is 13.0. The Bertz CT molecular complexity index is 1100. The lowest BCUT2D eigenvalue weighted by Gasteiger charge is -2.15. The van der Waals surface area contributed by atoms with Crippen molar-refractivity contribution in [3.8, 4) is 0 Å². The van der Waals surface area contributed by atoms with Crippen LogP contribution in [0.2, 0.25) is 0 Å². The maximum Gasteiger partial charge on any atom is 0.323 e. The topological polar surface area (TPSA) is 87.6 Å². The van der Waals surface area contributed by atoms with Crippen LogP contribution in [0.1, 0.15) is 11.1 Å². The lowest BCUT2D eigenvalue weighted by molar-refractivity contribution is 0.262. The van der Waals surface area contributed by atoms with Crippen LogP contribution in [0.5, 0.6) is 0 Å². The number of amidine groups is 1. The van der Waals surface area contributed by atoms with Crippen LogP contribution >= 0.6 is 0 Å². The largest absolute Gasteiger partial charge is 0.426 e. The third kappa shape index (κ3) is 6.14. The van der Waals surface area contributed by atoms with Gasteiger partial charge in [-0.3, -0.25) is 4.98 Å². The van der Waals surface area contributed by atoms with E-state index in [4.69, 9.17) is 4.74 Å². The number of carbonyl (C=O) groups excluding carboxylic acids is 1. The Balaban J connectivity index is 1.66. The molecule has 0 radical (unpaired) electrons. The summed E-state index contributed by atoms with van der Waals surface area (Å²) < 4.78 is 18.7. The van der Waals surface area contributed by atoms with E-state index in [-0.39, 0.29) is 11.8 Å². The van der Waals surface area contributed by atoms with Gasteiger partial charge in [-0.2, -0.15) is 0 Å². The zero-order chi connectivity index (χ0) is 22.2. The van der Waals surface area contributed by atoms with Crippen LogP contribution in [0.25, 0.3) is 5.76 Å². The normalized spacial score (nSPS) is 10.9. The molecule has 3 N–H and O–H groups in total. The molecule has 0 saturated heterocycles. The fourth-order valence-corrected chi connectivity index (χ4v) is 2.61. The minimum Gasteiger partial charge on any atom is -0.426 e. The van der Waals surface area contributed by atoms with Crippen molar-refractivity contribution in [3.63, 3.8) is 0 Å². The second-order valence-corrected chi connectivity index (χ2v) is 6.54. The number of anilines is 3. The number of aryl methyl sites for hydroxylation is 1. The summed E-state index contributed by atoms with van der Waals surface area (Å²) >= 11 is 0. The van der Waals surface area contributed by atoms with E-state index in [9.17, 15) is 9.18 Å². The van der Waals surface area contributed by atoms with Crippen LogP contribution in [0.3, 0.4) is 0 Å². The summed E-state index contributed by atoms with van der Waals surface area (Å²) in [5, 5.41) is 8.49. The number of carbonyl (C=O) groups is 1. The van der Waals surface area contributed by atoms with Gasteiger partial charge in [0.1, 0.15) is 11.6 Å². The van der Waals surface area contributed by atoms with Crippen molar-refractivity contribution in [1.82, 2.24) is 4.98 Å².